The van der Waals surface area contributed by atoms with E-state index in [0.29, 0.717) is 12.1 Å². The number of carbonyl (C=O) groups excluding carboxylic acids is 1. The van der Waals surface area contributed by atoms with Crippen molar-refractivity contribution >= 4 is 44.4 Å². The number of amides is 1. The fraction of sp³-hybridized carbons (Fsp3) is 0.533. The molecule has 0 unspecified atom stereocenters. The number of hydrogen-bond donors (Lipinski definition) is 1. The van der Waals surface area contributed by atoms with Crippen LogP contribution in [0.2, 0.25) is 0 Å². The number of halogens is 2. The van der Waals surface area contributed by atoms with Crippen molar-refractivity contribution in [3.63, 3.8) is 0 Å². The van der Waals surface area contributed by atoms with Gasteiger partial charge in [0.1, 0.15) is 0 Å². The number of nitrogens with one attached hydrogen (secondary N) is 1. The Balaban J connectivity index is 2.07. The highest BCUT2D eigenvalue weighted by molar-refractivity contribution is 14.1. The van der Waals surface area contributed by atoms with E-state index in [4.69, 9.17) is 0 Å². The summed E-state index contributed by atoms with van der Waals surface area (Å²) in [6.07, 6.45) is 4.46. The Morgan fingerprint density at radius 2 is 2.00 bits per heavy atom. The van der Waals surface area contributed by atoms with Crippen LogP contribution < -0.4 is 5.32 Å². The van der Waals surface area contributed by atoms with Crippen molar-refractivity contribution in [3.05, 3.63) is 31.8 Å². The third-order valence-corrected chi connectivity index (χ3v) is 5.57. The van der Waals surface area contributed by atoms with Gasteiger partial charge in [0.25, 0.3) is 5.91 Å². The standard InChI is InChI=1S/C15H20BrIN2O/c1-18-11-4-6-12(7-5-11)19(2)15(20)13-9-10(16)3-8-14(13)17/h3,8-9,11-12,18H,4-7H2,1-2H3. The van der Waals surface area contributed by atoms with E-state index in [1.165, 1.54) is 0 Å². The zero-order valence-corrected chi connectivity index (χ0v) is 15.6. The molecule has 2 rings (SSSR count). The average Bonchev–Trinajstić information content (AvgIpc) is 2.48. The predicted octanol–water partition coefficient (Wildman–Crippen LogP) is 3.66. The van der Waals surface area contributed by atoms with Crippen LogP contribution in [0.15, 0.2) is 22.7 Å². The largest absolute Gasteiger partial charge is 0.339 e. The molecule has 1 amide bonds. The van der Waals surface area contributed by atoms with Crippen molar-refractivity contribution in [2.24, 2.45) is 0 Å². The monoisotopic (exact) mass is 450 g/mol. The minimum Gasteiger partial charge on any atom is -0.339 e. The first kappa shape index (κ1) is 16.2. The molecule has 0 radical (unpaired) electrons. The smallest absolute Gasteiger partial charge is 0.254 e. The van der Waals surface area contributed by atoms with Crippen LogP contribution in [0.3, 0.4) is 0 Å². The third kappa shape index (κ3) is 3.74. The fourth-order valence-corrected chi connectivity index (χ4v) is 3.70. The quantitative estimate of drug-likeness (QED) is 0.712. The SMILES string of the molecule is CNC1CCC(N(C)C(=O)c2cc(Br)ccc2I)CC1. The Labute approximate surface area is 142 Å². The Morgan fingerprint density at radius 1 is 1.35 bits per heavy atom. The first-order valence-corrected chi connectivity index (χ1v) is 8.79. The van der Waals surface area contributed by atoms with Crippen LogP contribution in [0, 0.1) is 3.57 Å². The maximum Gasteiger partial charge on any atom is 0.254 e. The van der Waals surface area contributed by atoms with Crippen molar-refractivity contribution in [1.82, 2.24) is 10.2 Å². The molecular weight excluding hydrogens is 431 g/mol. The Morgan fingerprint density at radius 3 is 2.60 bits per heavy atom. The molecule has 1 saturated carbocycles. The number of benzene rings is 1. The topological polar surface area (TPSA) is 32.3 Å². The first-order chi connectivity index (χ1) is 9.52. The van der Waals surface area contributed by atoms with Crippen LogP contribution in [0.4, 0.5) is 0 Å². The summed E-state index contributed by atoms with van der Waals surface area (Å²) in [5.74, 6) is 0.128. The van der Waals surface area contributed by atoms with Crippen molar-refractivity contribution in [2.75, 3.05) is 14.1 Å². The molecule has 1 aliphatic rings. The lowest BCUT2D eigenvalue weighted by Gasteiger charge is -2.34. The molecule has 5 heteroatoms. The van der Waals surface area contributed by atoms with Crippen molar-refractivity contribution in [3.8, 4) is 0 Å². The van der Waals surface area contributed by atoms with E-state index in [9.17, 15) is 4.79 Å². The van der Waals surface area contributed by atoms with Gasteiger partial charge < -0.3 is 10.2 Å². The summed E-state index contributed by atoms with van der Waals surface area (Å²) >= 11 is 5.67. The van der Waals surface area contributed by atoms with Gasteiger partial charge >= 0.3 is 0 Å². The maximum absolute atomic E-state index is 12.7. The van der Waals surface area contributed by atoms with Gasteiger partial charge in [0, 0.05) is 27.2 Å². The van der Waals surface area contributed by atoms with Crippen molar-refractivity contribution < 1.29 is 4.79 Å². The number of nitrogens with zero attached hydrogens (tertiary/aromatic N) is 1. The normalized spacial score (nSPS) is 22.6. The van der Waals surface area contributed by atoms with Gasteiger partial charge in [-0.3, -0.25) is 4.79 Å². The number of carbonyl (C=O) groups is 1. The summed E-state index contributed by atoms with van der Waals surface area (Å²) in [5.41, 5.74) is 0.790. The van der Waals surface area contributed by atoms with Gasteiger partial charge in [-0.1, -0.05) is 15.9 Å². The predicted molar refractivity (Wildman–Crippen MR) is 94.1 cm³/mol. The van der Waals surface area contributed by atoms with Gasteiger partial charge in [-0.15, -0.1) is 0 Å². The third-order valence-electron chi connectivity index (χ3n) is 4.13. The van der Waals surface area contributed by atoms with Crippen LogP contribution in [0.5, 0.6) is 0 Å². The summed E-state index contributed by atoms with van der Waals surface area (Å²) in [7, 11) is 3.95. The number of rotatable bonds is 3. The molecular formula is C15H20BrIN2O. The zero-order chi connectivity index (χ0) is 14.7. The van der Waals surface area contributed by atoms with Gasteiger partial charge in [0.15, 0.2) is 0 Å². The molecule has 1 fully saturated rings. The lowest BCUT2D eigenvalue weighted by atomic mass is 9.90. The van der Waals surface area contributed by atoms with Crippen molar-refractivity contribution in [1.29, 1.82) is 0 Å². The minimum atomic E-state index is 0.128. The van der Waals surface area contributed by atoms with Crippen LogP contribution >= 0.6 is 38.5 Å². The van der Waals surface area contributed by atoms with Gasteiger partial charge in [-0.05, 0) is 73.5 Å². The minimum absolute atomic E-state index is 0.128. The molecule has 1 aromatic carbocycles. The second-order valence-corrected chi connectivity index (χ2v) is 7.41. The Kier molecular flexibility index (Phi) is 5.86. The van der Waals surface area contributed by atoms with Crippen LogP contribution in [0.25, 0.3) is 0 Å². The van der Waals surface area contributed by atoms with E-state index in [0.717, 1.165) is 39.3 Å². The highest BCUT2D eigenvalue weighted by Gasteiger charge is 2.27. The van der Waals surface area contributed by atoms with Gasteiger partial charge in [0.05, 0.1) is 5.56 Å². The van der Waals surface area contributed by atoms with Crippen LogP contribution in [-0.4, -0.2) is 37.0 Å². The molecule has 0 aliphatic heterocycles. The highest BCUT2D eigenvalue weighted by atomic mass is 127. The Bertz CT molecular complexity index is 487. The summed E-state index contributed by atoms with van der Waals surface area (Å²) in [5, 5.41) is 3.33. The Hall–Kier alpha value is -0.140. The van der Waals surface area contributed by atoms with E-state index in [1.807, 2.05) is 37.2 Å². The molecule has 20 heavy (non-hydrogen) atoms. The average molecular weight is 451 g/mol. The summed E-state index contributed by atoms with van der Waals surface area (Å²) in [6.45, 7) is 0. The molecule has 1 aliphatic carbocycles. The van der Waals surface area contributed by atoms with Gasteiger partial charge in [-0.25, -0.2) is 0 Å². The molecule has 0 saturated heterocycles. The molecule has 0 bridgehead atoms. The summed E-state index contributed by atoms with van der Waals surface area (Å²) in [4.78, 5) is 14.6. The molecule has 0 aromatic heterocycles. The molecule has 0 spiro atoms. The van der Waals surface area contributed by atoms with Crippen LogP contribution in [-0.2, 0) is 0 Å². The van der Waals surface area contributed by atoms with Gasteiger partial charge in [0.2, 0.25) is 0 Å². The number of hydrogen-bond acceptors (Lipinski definition) is 2. The first-order valence-electron chi connectivity index (χ1n) is 6.92. The summed E-state index contributed by atoms with van der Waals surface area (Å²) in [6, 6.07) is 6.84. The molecule has 0 atom stereocenters. The van der Waals surface area contributed by atoms with E-state index >= 15 is 0 Å². The fourth-order valence-electron chi connectivity index (χ4n) is 2.77. The van der Waals surface area contributed by atoms with E-state index in [1.54, 1.807) is 0 Å². The van der Waals surface area contributed by atoms with Crippen LogP contribution in [0.1, 0.15) is 36.0 Å². The molecule has 0 heterocycles. The van der Waals surface area contributed by atoms with E-state index < -0.39 is 0 Å². The lowest BCUT2D eigenvalue weighted by molar-refractivity contribution is 0.0684. The molecule has 3 nitrogen and oxygen atoms in total. The van der Waals surface area contributed by atoms with Gasteiger partial charge in [-0.2, -0.15) is 0 Å². The van der Waals surface area contributed by atoms with E-state index in [-0.39, 0.29) is 5.91 Å². The van der Waals surface area contributed by atoms with E-state index in [2.05, 4.69) is 43.8 Å². The highest BCUT2D eigenvalue weighted by Crippen LogP contribution is 2.25. The molecule has 1 aromatic rings. The zero-order valence-electron chi connectivity index (χ0n) is 11.8. The maximum atomic E-state index is 12.7. The second-order valence-electron chi connectivity index (χ2n) is 5.33. The second kappa shape index (κ2) is 7.22. The summed E-state index contributed by atoms with van der Waals surface area (Å²) < 4.78 is 1.96. The lowest BCUT2D eigenvalue weighted by Crippen LogP contribution is -2.42. The molecule has 1 N–H and O–H groups in total. The molecule has 110 valence electrons. The van der Waals surface area contributed by atoms with Crippen molar-refractivity contribution in [2.45, 2.75) is 37.8 Å².